The Morgan fingerprint density at radius 2 is 1.83 bits per heavy atom. The number of hydrogen-bond donors (Lipinski definition) is 1. The van der Waals surface area contributed by atoms with Crippen LogP contribution in [0.1, 0.15) is 34.1 Å². The molecule has 2 aromatic rings. The molecule has 1 heterocycles. The minimum Gasteiger partial charge on any atom is -0.382 e. The smallest absolute Gasteiger partial charge is 0.129 e. The highest BCUT2D eigenvalue weighted by molar-refractivity contribution is 5.34. The summed E-state index contributed by atoms with van der Waals surface area (Å²) in [5, 5.41) is 10.3. The summed E-state index contributed by atoms with van der Waals surface area (Å²) in [4.78, 5) is 4.21. The van der Waals surface area contributed by atoms with Gasteiger partial charge < -0.3 is 5.11 Å². The van der Waals surface area contributed by atoms with Crippen molar-refractivity contribution in [3.63, 3.8) is 0 Å². The fourth-order valence-corrected chi connectivity index (χ4v) is 2.03. The Morgan fingerprint density at radius 1 is 1.11 bits per heavy atom. The van der Waals surface area contributed by atoms with Crippen LogP contribution in [0.5, 0.6) is 0 Å². The van der Waals surface area contributed by atoms with Crippen LogP contribution in [-0.4, -0.2) is 10.1 Å². The van der Waals surface area contributed by atoms with Crippen LogP contribution < -0.4 is 0 Å². The Bertz CT molecular complexity index is 581. The van der Waals surface area contributed by atoms with Crippen molar-refractivity contribution in [2.45, 2.75) is 26.9 Å². The van der Waals surface area contributed by atoms with Gasteiger partial charge in [-0.3, -0.25) is 4.98 Å². The van der Waals surface area contributed by atoms with Crippen molar-refractivity contribution in [3.8, 4) is 0 Å². The first-order valence-electron chi connectivity index (χ1n) is 5.86. The fourth-order valence-electron chi connectivity index (χ4n) is 2.03. The molecule has 0 fully saturated rings. The second-order valence-corrected chi connectivity index (χ2v) is 4.64. The van der Waals surface area contributed by atoms with E-state index in [0.29, 0.717) is 5.69 Å². The molecule has 2 rings (SSSR count). The largest absolute Gasteiger partial charge is 0.382 e. The first kappa shape index (κ1) is 12.7. The summed E-state index contributed by atoms with van der Waals surface area (Å²) >= 11 is 0. The second-order valence-electron chi connectivity index (χ2n) is 4.64. The normalized spacial score (nSPS) is 12.5. The maximum atomic E-state index is 13.7. The molecule has 0 amide bonds. The first-order valence-corrected chi connectivity index (χ1v) is 5.86. The first-order chi connectivity index (χ1) is 8.49. The van der Waals surface area contributed by atoms with Crippen LogP contribution in [-0.2, 0) is 0 Å². The zero-order valence-corrected chi connectivity index (χ0v) is 10.7. The number of aromatic nitrogens is 1. The third-order valence-electron chi connectivity index (χ3n) is 2.96. The summed E-state index contributed by atoms with van der Waals surface area (Å²) in [7, 11) is 0. The van der Waals surface area contributed by atoms with Gasteiger partial charge in [-0.15, -0.1) is 0 Å². The lowest BCUT2D eigenvalue weighted by Crippen LogP contribution is -2.07. The van der Waals surface area contributed by atoms with Gasteiger partial charge in [0.1, 0.15) is 11.9 Å². The molecule has 1 unspecified atom stereocenters. The number of rotatable bonds is 2. The van der Waals surface area contributed by atoms with Crippen molar-refractivity contribution >= 4 is 0 Å². The van der Waals surface area contributed by atoms with E-state index in [4.69, 9.17) is 0 Å². The lowest BCUT2D eigenvalue weighted by molar-refractivity contribution is 0.209. The van der Waals surface area contributed by atoms with E-state index < -0.39 is 11.9 Å². The zero-order chi connectivity index (χ0) is 13.3. The molecular weight excluding hydrogens is 229 g/mol. The second kappa shape index (κ2) is 4.86. The van der Waals surface area contributed by atoms with E-state index in [1.165, 1.54) is 6.07 Å². The van der Waals surface area contributed by atoms with Crippen LogP contribution in [0.3, 0.4) is 0 Å². The van der Waals surface area contributed by atoms with Gasteiger partial charge in [0.25, 0.3) is 0 Å². The van der Waals surface area contributed by atoms with Crippen molar-refractivity contribution in [3.05, 3.63) is 64.2 Å². The highest BCUT2D eigenvalue weighted by Gasteiger charge is 2.18. The molecule has 0 aliphatic heterocycles. The maximum Gasteiger partial charge on any atom is 0.129 e. The third-order valence-corrected chi connectivity index (χ3v) is 2.96. The number of pyridine rings is 1. The molecule has 0 bridgehead atoms. The van der Waals surface area contributed by atoms with Crippen LogP contribution in [0.4, 0.5) is 4.39 Å². The Balaban J connectivity index is 2.47. The summed E-state index contributed by atoms with van der Waals surface area (Å²) in [5.41, 5.74) is 3.58. The SMILES string of the molecule is Cc1cnc(C(O)c2cc(C)ccc2F)c(C)c1. The molecule has 0 aliphatic rings. The van der Waals surface area contributed by atoms with E-state index in [1.807, 2.05) is 26.8 Å². The number of benzene rings is 1. The number of halogens is 1. The van der Waals surface area contributed by atoms with Crippen molar-refractivity contribution in [2.75, 3.05) is 0 Å². The van der Waals surface area contributed by atoms with Crippen LogP contribution >= 0.6 is 0 Å². The van der Waals surface area contributed by atoms with E-state index >= 15 is 0 Å². The predicted molar refractivity (Wildman–Crippen MR) is 68.9 cm³/mol. The van der Waals surface area contributed by atoms with Crippen LogP contribution in [0.2, 0.25) is 0 Å². The molecule has 18 heavy (non-hydrogen) atoms. The van der Waals surface area contributed by atoms with Gasteiger partial charge in [-0.25, -0.2) is 4.39 Å². The molecule has 94 valence electrons. The molecule has 0 spiro atoms. The number of aliphatic hydroxyl groups is 1. The Hall–Kier alpha value is -1.74. The van der Waals surface area contributed by atoms with E-state index in [9.17, 15) is 9.50 Å². The summed E-state index contributed by atoms with van der Waals surface area (Å²) in [6.07, 6.45) is 0.657. The van der Waals surface area contributed by atoms with Gasteiger partial charge >= 0.3 is 0 Å². The van der Waals surface area contributed by atoms with Gasteiger partial charge in [-0.1, -0.05) is 23.8 Å². The average Bonchev–Trinajstić information content (AvgIpc) is 2.31. The minimum absolute atomic E-state index is 0.273. The topological polar surface area (TPSA) is 33.1 Å². The van der Waals surface area contributed by atoms with Gasteiger partial charge in [0.2, 0.25) is 0 Å². The van der Waals surface area contributed by atoms with Crippen molar-refractivity contribution in [1.82, 2.24) is 4.98 Å². The van der Waals surface area contributed by atoms with Gasteiger partial charge in [0.15, 0.2) is 0 Å². The maximum absolute atomic E-state index is 13.7. The number of hydrogen-bond acceptors (Lipinski definition) is 2. The lowest BCUT2D eigenvalue weighted by atomic mass is 10.00. The van der Waals surface area contributed by atoms with E-state index in [2.05, 4.69) is 4.98 Å². The summed E-state index contributed by atoms with van der Waals surface area (Å²) in [5.74, 6) is -0.408. The molecule has 0 radical (unpaired) electrons. The number of aryl methyl sites for hydroxylation is 3. The molecule has 1 atom stereocenters. The Labute approximate surface area is 106 Å². The molecule has 1 aromatic carbocycles. The molecular formula is C15H16FNO. The van der Waals surface area contributed by atoms with Crippen molar-refractivity contribution in [2.24, 2.45) is 0 Å². The molecule has 0 saturated carbocycles. The van der Waals surface area contributed by atoms with Crippen molar-refractivity contribution in [1.29, 1.82) is 0 Å². The standard InChI is InChI=1S/C15H16FNO/c1-9-4-5-13(16)12(7-9)15(18)14-11(3)6-10(2)8-17-14/h4-8,15,18H,1-3H3. The highest BCUT2D eigenvalue weighted by atomic mass is 19.1. The Kier molecular flexibility index (Phi) is 3.43. The third kappa shape index (κ3) is 2.41. The Morgan fingerprint density at radius 3 is 2.50 bits per heavy atom. The van der Waals surface area contributed by atoms with Crippen LogP contribution in [0.25, 0.3) is 0 Å². The summed E-state index contributed by atoms with van der Waals surface area (Å²) in [6, 6.07) is 6.64. The lowest BCUT2D eigenvalue weighted by Gasteiger charge is -2.14. The highest BCUT2D eigenvalue weighted by Crippen LogP contribution is 2.26. The molecule has 0 aliphatic carbocycles. The average molecular weight is 245 g/mol. The predicted octanol–water partition coefficient (Wildman–Crippen LogP) is 3.23. The molecule has 1 N–H and O–H groups in total. The number of aliphatic hydroxyl groups excluding tert-OH is 1. The quantitative estimate of drug-likeness (QED) is 0.881. The number of nitrogens with zero attached hydrogens (tertiary/aromatic N) is 1. The van der Waals surface area contributed by atoms with Gasteiger partial charge in [-0.05, 0) is 38.0 Å². The van der Waals surface area contributed by atoms with Crippen LogP contribution in [0, 0.1) is 26.6 Å². The van der Waals surface area contributed by atoms with Gasteiger partial charge in [-0.2, -0.15) is 0 Å². The van der Waals surface area contributed by atoms with Crippen LogP contribution in [0.15, 0.2) is 30.5 Å². The summed E-state index contributed by atoms with van der Waals surface area (Å²) in [6.45, 7) is 5.67. The van der Waals surface area contributed by atoms with Gasteiger partial charge in [0.05, 0.1) is 5.69 Å². The molecule has 3 heteroatoms. The monoisotopic (exact) mass is 245 g/mol. The van der Waals surface area contributed by atoms with E-state index in [0.717, 1.165) is 16.7 Å². The van der Waals surface area contributed by atoms with Crippen molar-refractivity contribution < 1.29 is 9.50 Å². The van der Waals surface area contributed by atoms with E-state index in [-0.39, 0.29) is 5.56 Å². The molecule has 2 nitrogen and oxygen atoms in total. The van der Waals surface area contributed by atoms with Gasteiger partial charge in [0, 0.05) is 11.8 Å². The van der Waals surface area contributed by atoms with E-state index in [1.54, 1.807) is 18.3 Å². The molecule has 1 aromatic heterocycles. The molecule has 0 saturated heterocycles. The fraction of sp³-hybridized carbons (Fsp3) is 0.267. The summed E-state index contributed by atoms with van der Waals surface area (Å²) < 4.78 is 13.7. The minimum atomic E-state index is -1.02. The zero-order valence-electron chi connectivity index (χ0n) is 10.7.